The second kappa shape index (κ2) is 9.56. The van der Waals surface area contributed by atoms with E-state index in [0.29, 0.717) is 17.8 Å². The van der Waals surface area contributed by atoms with E-state index in [0.717, 1.165) is 52.1 Å². The molecule has 0 bridgehead atoms. The van der Waals surface area contributed by atoms with E-state index in [9.17, 15) is 4.79 Å². The molecule has 2 saturated heterocycles. The van der Waals surface area contributed by atoms with Crippen LogP contribution in [0.4, 0.5) is 0 Å². The molecule has 0 unspecified atom stereocenters. The normalized spacial score (nSPS) is 19.7. The zero-order chi connectivity index (χ0) is 15.5. The minimum absolute atomic E-state index is 0. The largest absolute Gasteiger partial charge is 0.335 e. The van der Waals surface area contributed by atoms with E-state index in [2.05, 4.69) is 34.4 Å². The maximum absolute atomic E-state index is 12.6. The molecule has 9 heteroatoms. The summed E-state index contributed by atoms with van der Waals surface area (Å²) in [6, 6.07) is 0.908. The van der Waals surface area contributed by atoms with Gasteiger partial charge in [-0.25, -0.2) is 4.68 Å². The van der Waals surface area contributed by atoms with Crippen LogP contribution in [-0.2, 0) is 0 Å². The molecule has 2 aliphatic heterocycles. The molecule has 0 spiro atoms. The Morgan fingerprint density at radius 3 is 2.38 bits per heavy atom. The smallest absolute Gasteiger partial charge is 0.276 e. The summed E-state index contributed by atoms with van der Waals surface area (Å²) in [7, 11) is 0. The first-order valence-electron chi connectivity index (χ1n) is 8.31. The fourth-order valence-electron chi connectivity index (χ4n) is 3.23. The highest BCUT2D eigenvalue weighted by Crippen LogP contribution is 2.17. The van der Waals surface area contributed by atoms with Crippen LogP contribution in [0.2, 0.25) is 0 Å². The lowest BCUT2D eigenvalue weighted by Crippen LogP contribution is -2.50. The number of piperazine rings is 1. The Labute approximate surface area is 155 Å². The Morgan fingerprint density at radius 1 is 1.17 bits per heavy atom. The van der Waals surface area contributed by atoms with E-state index >= 15 is 0 Å². The van der Waals surface area contributed by atoms with Crippen molar-refractivity contribution in [2.45, 2.75) is 38.8 Å². The van der Waals surface area contributed by atoms with Crippen LogP contribution < -0.4 is 5.32 Å². The monoisotopic (exact) mass is 378 g/mol. The summed E-state index contributed by atoms with van der Waals surface area (Å²) >= 11 is 0. The predicted molar refractivity (Wildman–Crippen MR) is 98.3 cm³/mol. The van der Waals surface area contributed by atoms with Gasteiger partial charge < -0.3 is 10.2 Å². The number of carbonyl (C=O) groups is 1. The van der Waals surface area contributed by atoms with Gasteiger partial charge in [-0.3, -0.25) is 9.69 Å². The van der Waals surface area contributed by atoms with Gasteiger partial charge in [0.05, 0.1) is 12.2 Å². The van der Waals surface area contributed by atoms with E-state index in [1.165, 1.54) is 0 Å². The molecule has 0 atom stereocenters. The van der Waals surface area contributed by atoms with Crippen LogP contribution in [0.3, 0.4) is 0 Å². The fourth-order valence-corrected chi connectivity index (χ4v) is 3.23. The summed E-state index contributed by atoms with van der Waals surface area (Å²) in [5.41, 5.74) is 0.483. The van der Waals surface area contributed by atoms with Gasteiger partial charge in [0.2, 0.25) is 0 Å². The van der Waals surface area contributed by atoms with Gasteiger partial charge in [-0.05, 0) is 39.8 Å². The number of halogens is 2. The Bertz CT molecular complexity index is 510. The number of amides is 1. The van der Waals surface area contributed by atoms with E-state index in [1.807, 2.05) is 15.8 Å². The lowest BCUT2D eigenvalue weighted by atomic mass is 10.1. The molecule has 2 fully saturated rings. The van der Waals surface area contributed by atoms with Crippen molar-refractivity contribution in [2.75, 3.05) is 39.3 Å². The molecule has 0 aliphatic carbocycles. The number of hydrogen-bond donors (Lipinski definition) is 1. The van der Waals surface area contributed by atoms with Crippen molar-refractivity contribution in [1.29, 1.82) is 0 Å². The van der Waals surface area contributed by atoms with Crippen LogP contribution in [0.15, 0.2) is 6.20 Å². The first-order valence-corrected chi connectivity index (χ1v) is 8.31. The number of nitrogens with one attached hydrogen (secondary N) is 1. The quantitative estimate of drug-likeness (QED) is 0.855. The Kier molecular flexibility index (Phi) is 8.42. The van der Waals surface area contributed by atoms with Gasteiger partial charge in [-0.2, -0.15) is 0 Å². The third-order valence-corrected chi connectivity index (χ3v) is 4.74. The Balaban J connectivity index is 0.00000144. The molecule has 3 heterocycles. The van der Waals surface area contributed by atoms with E-state index in [1.54, 1.807) is 0 Å². The average molecular weight is 379 g/mol. The van der Waals surface area contributed by atoms with Crippen LogP contribution in [0, 0.1) is 0 Å². The number of carbonyl (C=O) groups excluding carboxylic acids is 1. The molecule has 2 aliphatic rings. The number of hydrogen-bond acceptors (Lipinski definition) is 5. The third-order valence-electron chi connectivity index (χ3n) is 4.74. The summed E-state index contributed by atoms with van der Waals surface area (Å²) in [6.07, 6.45) is 3.92. The van der Waals surface area contributed by atoms with E-state index < -0.39 is 0 Å². The summed E-state index contributed by atoms with van der Waals surface area (Å²) < 4.78 is 1.87. The highest BCUT2D eigenvalue weighted by molar-refractivity contribution is 5.92. The van der Waals surface area contributed by atoms with Crippen molar-refractivity contribution in [3.05, 3.63) is 11.9 Å². The van der Waals surface area contributed by atoms with Gasteiger partial charge in [0, 0.05) is 32.2 Å². The second-order valence-electron chi connectivity index (χ2n) is 6.49. The Morgan fingerprint density at radius 2 is 1.79 bits per heavy atom. The molecule has 0 aromatic carbocycles. The van der Waals surface area contributed by atoms with Crippen molar-refractivity contribution < 1.29 is 4.79 Å². The number of rotatable bonds is 3. The highest BCUT2D eigenvalue weighted by Gasteiger charge is 2.26. The zero-order valence-corrected chi connectivity index (χ0v) is 16.0. The minimum atomic E-state index is 0. The third kappa shape index (κ3) is 4.81. The fraction of sp³-hybridized carbons (Fsp3) is 0.800. The molecule has 1 amide bonds. The molecule has 1 aromatic heterocycles. The van der Waals surface area contributed by atoms with Crippen LogP contribution in [0.25, 0.3) is 0 Å². The maximum atomic E-state index is 12.6. The summed E-state index contributed by atoms with van der Waals surface area (Å²) in [5, 5.41) is 11.6. The topological polar surface area (TPSA) is 66.3 Å². The minimum Gasteiger partial charge on any atom is -0.335 e. The van der Waals surface area contributed by atoms with Gasteiger partial charge in [-0.1, -0.05) is 5.21 Å². The number of piperidine rings is 1. The lowest BCUT2D eigenvalue weighted by Gasteiger charge is -2.36. The zero-order valence-electron chi connectivity index (χ0n) is 14.3. The molecule has 138 valence electrons. The number of nitrogens with zero attached hydrogens (tertiary/aromatic N) is 5. The highest BCUT2D eigenvalue weighted by atomic mass is 35.5. The first kappa shape index (κ1) is 21.2. The van der Waals surface area contributed by atoms with E-state index in [-0.39, 0.29) is 30.7 Å². The average Bonchev–Trinajstić information content (AvgIpc) is 3.05. The Hall–Kier alpha value is -0.890. The van der Waals surface area contributed by atoms with Gasteiger partial charge in [0.15, 0.2) is 5.69 Å². The van der Waals surface area contributed by atoms with E-state index in [4.69, 9.17) is 0 Å². The predicted octanol–water partition coefficient (Wildman–Crippen LogP) is 1.21. The van der Waals surface area contributed by atoms with Gasteiger partial charge in [0.25, 0.3) is 5.91 Å². The van der Waals surface area contributed by atoms with Gasteiger partial charge >= 0.3 is 0 Å². The first-order chi connectivity index (χ1) is 10.6. The second-order valence-corrected chi connectivity index (χ2v) is 6.49. The van der Waals surface area contributed by atoms with Crippen molar-refractivity contribution in [3.63, 3.8) is 0 Å². The molecular formula is C15H28Cl2N6O. The van der Waals surface area contributed by atoms with Crippen molar-refractivity contribution in [1.82, 2.24) is 30.1 Å². The van der Waals surface area contributed by atoms with Crippen molar-refractivity contribution >= 4 is 30.7 Å². The number of aromatic nitrogens is 3. The lowest BCUT2D eigenvalue weighted by molar-refractivity contribution is 0.0590. The summed E-state index contributed by atoms with van der Waals surface area (Å²) in [4.78, 5) is 16.8. The molecule has 1 N–H and O–H groups in total. The van der Waals surface area contributed by atoms with Crippen LogP contribution in [0.1, 0.15) is 43.2 Å². The van der Waals surface area contributed by atoms with Gasteiger partial charge in [-0.15, -0.1) is 29.9 Å². The molecule has 7 nitrogen and oxygen atoms in total. The summed E-state index contributed by atoms with van der Waals surface area (Å²) in [5.74, 6) is 0.0172. The SMILES string of the molecule is CC(C)N1CCN(C(=O)c2cn(C3CCNCC3)nn2)CC1.Cl.Cl. The molecule has 0 saturated carbocycles. The van der Waals surface area contributed by atoms with Crippen LogP contribution in [0.5, 0.6) is 0 Å². The standard InChI is InChI=1S/C15H26N6O.2ClH/c1-12(2)19-7-9-20(10-8-19)15(22)14-11-21(18-17-14)13-3-5-16-6-4-13;;/h11-13,16H,3-10H2,1-2H3;2*1H. The molecule has 3 rings (SSSR count). The van der Waals surface area contributed by atoms with Crippen molar-refractivity contribution in [2.24, 2.45) is 0 Å². The van der Waals surface area contributed by atoms with Crippen LogP contribution >= 0.6 is 24.8 Å². The molecule has 24 heavy (non-hydrogen) atoms. The van der Waals surface area contributed by atoms with Gasteiger partial charge in [0.1, 0.15) is 0 Å². The summed E-state index contributed by atoms with van der Waals surface area (Å²) in [6.45, 7) is 9.83. The molecule has 1 aromatic rings. The van der Waals surface area contributed by atoms with Crippen LogP contribution in [-0.4, -0.2) is 76.0 Å². The molecular weight excluding hydrogens is 351 g/mol. The molecule has 0 radical (unpaired) electrons. The maximum Gasteiger partial charge on any atom is 0.276 e. The van der Waals surface area contributed by atoms with Crippen molar-refractivity contribution in [3.8, 4) is 0 Å².